The van der Waals surface area contributed by atoms with Gasteiger partial charge >= 0.3 is 0 Å². The van der Waals surface area contributed by atoms with Gasteiger partial charge < -0.3 is 15.5 Å². The van der Waals surface area contributed by atoms with E-state index in [0.29, 0.717) is 6.42 Å². The Labute approximate surface area is 436 Å². The third-order valence-electron chi connectivity index (χ3n) is 13.3. The molecule has 0 heterocycles. The van der Waals surface area contributed by atoms with Crippen LogP contribution in [-0.4, -0.2) is 34.9 Å². The molecule has 0 aromatic rings. The SMILES string of the molecule is CC/C=C\C/C=C\C/C=C\C/C=C\C/C=C\C/C=C\C/C=C\C/C=C\CCCCCCC(=O)NC(CO)C(O)/C=C/CCCCCCCCCCCCCCCCCCCCCCCCCCCCC. The summed E-state index contributed by atoms with van der Waals surface area (Å²) < 4.78 is 0. The average Bonchev–Trinajstić information content (AvgIpc) is 3.36. The van der Waals surface area contributed by atoms with Crippen LogP contribution in [0.4, 0.5) is 0 Å². The van der Waals surface area contributed by atoms with Crippen LogP contribution in [0.3, 0.4) is 0 Å². The fourth-order valence-electron chi connectivity index (χ4n) is 8.73. The lowest BCUT2D eigenvalue weighted by Gasteiger charge is -2.20. The van der Waals surface area contributed by atoms with Crippen molar-refractivity contribution in [1.82, 2.24) is 5.32 Å². The van der Waals surface area contributed by atoms with E-state index in [0.717, 1.165) is 96.3 Å². The zero-order valence-corrected chi connectivity index (χ0v) is 46.3. The van der Waals surface area contributed by atoms with Gasteiger partial charge in [-0.05, 0) is 83.5 Å². The Morgan fingerprint density at radius 2 is 0.629 bits per heavy atom. The van der Waals surface area contributed by atoms with Crippen molar-refractivity contribution in [1.29, 1.82) is 0 Å². The highest BCUT2D eigenvalue weighted by Gasteiger charge is 2.18. The molecular weight excluding hydrogens is 855 g/mol. The summed E-state index contributed by atoms with van der Waals surface area (Å²) in [4.78, 5) is 12.5. The molecule has 0 aliphatic rings. The van der Waals surface area contributed by atoms with Crippen molar-refractivity contribution in [3.8, 4) is 0 Å². The molecule has 402 valence electrons. The van der Waals surface area contributed by atoms with Gasteiger partial charge in [-0.1, -0.05) is 303 Å². The van der Waals surface area contributed by atoms with Gasteiger partial charge in [0, 0.05) is 6.42 Å². The number of aliphatic hydroxyl groups is 2. The van der Waals surface area contributed by atoms with Crippen LogP contribution in [0, 0.1) is 0 Å². The molecule has 2 unspecified atom stereocenters. The molecule has 0 rings (SSSR count). The maximum Gasteiger partial charge on any atom is 0.220 e. The van der Waals surface area contributed by atoms with Crippen molar-refractivity contribution in [3.63, 3.8) is 0 Å². The van der Waals surface area contributed by atoms with Crippen molar-refractivity contribution in [2.75, 3.05) is 6.61 Å². The Bertz CT molecular complexity index is 1330. The smallest absolute Gasteiger partial charge is 0.220 e. The largest absolute Gasteiger partial charge is 0.394 e. The van der Waals surface area contributed by atoms with Crippen molar-refractivity contribution in [3.05, 3.63) is 109 Å². The summed E-state index contributed by atoms with van der Waals surface area (Å²) in [5.74, 6) is -0.0900. The number of hydrogen-bond donors (Lipinski definition) is 3. The Kier molecular flexibility index (Phi) is 57.8. The second kappa shape index (κ2) is 60.4. The van der Waals surface area contributed by atoms with E-state index in [1.807, 2.05) is 6.08 Å². The summed E-state index contributed by atoms with van der Waals surface area (Å²) in [5.41, 5.74) is 0. The van der Waals surface area contributed by atoms with Crippen LogP contribution < -0.4 is 5.32 Å². The van der Waals surface area contributed by atoms with Gasteiger partial charge in [-0.25, -0.2) is 0 Å². The van der Waals surface area contributed by atoms with Crippen LogP contribution in [0.5, 0.6) is 0 Å². The monoisotopic (exact) mass is 970 g/mol. The number of hydrogen-bond acceptors (Lipinski definition) is 3. The predicted octanol–water partition coefficient (Wildman–Crippen LogP) is 20.3. The number of allylic oxidation sites excluding steroid dienone is 17. The molecule has 2 atom stereocenters. The molecule has 0 radical (unpaired) electrons. The lowest BCUT2D eigenvalue weighted by molar-refractivity contribution is -0.123. The standard InChI is InChI=1S/C66H115NO3/c1-3-5-7-9-11-13-15-17-19-21-23-25-27-29-31-33-35-37-39-41-43-45-47-49-51-53-55-57-59-61-65(69)64(63-68)67-66(70)62-60-58-56-54-52-50-48-46-44-42-40-38-36-34-32-30-28-26-24-22-20-18-16-14-12-10-8-6-4-2/h6,8,12,14,18,20,24,26,30,32,36,38,42,44,48,50,59,61,64-65,68-69H,3-5,7,9-11,13,15-17,19,21-23,25,27-29,31,33-35,37,39-41,43,45-47,49,51-58,60,62-63H2,1-2H3,(H,67,70)/b8-6-,14-12-,20-18-,26-24-,32-30-,38-36-,44-42-,50-48-,61-59+. The van der Waals surface area contributed by atoms with Gasteiger partial charge in [0.15, 0.2) is 0 Å². The number of unbranched alkanes of at least 4 members (excludes halogenated alkanes) is 31. The summed E-state index contributed by atoms with van der Waals surface area (Å²) in [6, 6.07) is -0.646. The van der Waals surface area contributed by atoms with E-state index in [2.05, 4.69) is 116 Å². The Morgan fingerprint density at radius 1 is 0.357 bits per heavy atom. The first-order valence-electron chi connectivity index (χ1n) is 30.1. The molecular formula is C66H115NO3. The molecule has 0 fully saturated rings. The van der Waals surface area contributed by atoms with E-state index in [-0.39, 0.29) is 12.5 Å². The van der Waals surface area contributed by atoms with Crippen molar-refractivity contribution >= 4 is 5.91 Å². The Hall–Kier alpha value is -2.95. The summed E-state index contributed by atoms with van der Waals surface area (Å²) >= 11 is 0. The number of carbonyl (C=O) groups excluding carboxylic acids is 1. The van der Waals surface area contributed by atoms with Crippen LogP contribution >= 0.6 is 0 Å². The second-order valence-corrected chi connectivity index (χ2v) is 20.0. The fourth-order valence-corrected chi connectivity index (χ4v) is 8.73. The molecule has 0 aromatic heterocycles. The van der Waals surface area contributed by atoms with Gasteiger partial charge in [-0.2, -0.15) is 0 Å². The van der Waals surface area contributed by atoms with Gasteiger partial charge in [-0.3, -0.25) is 4.79 Å². The lowest BCUT2D eigenvalue weighted by atomic mass is 10.0. The van der Waals surface area contributed by atoms with Gasteiger partial charge in [0.2, 0.25) is 5.91 Å². The maximum atomic E-state index is 12.5. The van der Waals surface area contributed by atoms with Crippen molar-refractivity contribution in [2.45, 2.75) is 296 Å². The van der Waals surface area contributed by atoms with Crippen LogP contribution in [0.1, 0.15) is 284 Å². The number of amides is 1. The molecule has 4 heteroatoms. The number of nitrogens with one attached hydrogen (secondary N) is 1. The zero-order valence-electron chi connectivity index (χ0n) is 46.3. The van der Waals surface area contributed by atoms with Gasteiger partial charge in [0.25, 0.3) is 0 Å². The van der Waals surface area contributed by atoms with Crippen LogP contribution in [0.2, 0.25) is 0 Å². The first kappa shape index (κ1) is 67.0. The molecule has 0 spiro atoms. The Morgan fingerprint density at radius 3 is 0.943 bits per heavy atom. The summed E-state index contributed by atoms with van der Waals surface area (Å²) in [7, 11) is 0. The Balaban J connectivity index is 3.60. The third kappa shape index (κ3) is 56.0. The molecule has 0 saturated carbocycles. The first-order valence-corrected chi connectivity index (χ1v) is 30.1. The van der Waals surface area contributed by atoms with E-state index in [4.69, 9.17) is 0 Å². The minimum absolute atomic E-state index is 0.0900. The van der Waals surface area contributed by atoms with E-state index in [1.54, 1.807) is 6.08 Å². The van der Waals surface area contributed by atoms with Crippen LogP contribution in [-0.2, 0) is 4.79 Å². The molecule has 1 amide bonds. The highest BCUT2D eigenvalue weighted by molar-refractivity contribution is 5.76. The summed E-state index contributed by atoms with van der Waals surface area (Å²) in [5, 5.41) is 23.2. The quantitative estimate of drug-likeness (QED) is 0.0420. The molecule has 4 nitrogen and oxygen atoms in total. The fraction of sp³-hybridized carbons (Fsp3) is 0.712. The maximum absolute atomic E-state index is 12.5. The van der Waals surface area contributed by atoms with Gasteiger partial charge in [0.1, 0.15) is 0 Å². The average molecular weight is 971 g/mol. The molecule has 0 saturated heterocycles. The number of carbonyl (C=O) groups is 1. The molecule has 0 aliphatic heterocycles. The van der Waals surface area contributed by atoms with Crippen molar-refractivity contribution < 1.29 is 15.0 Å². The van der Waals surface area contributed by atoms with E-state index < -0.39 is 12.1 Å². The molecule has 0 aromatic carbocycles. The third-order valence-corrected chi connectivity index (χ3v) is 13.3. The highest BCUT2D eigenvalue weighted by Crippen LogP contribution is 2.17. The number of rotatable bonds is 54. The van der Waals surface area contributed by atoms with E-state index >= 15 is 0 Å². The molecule has 0 bridgehead atoms. The van der Waals surface area contributed by atoms with Crippen molar-refractivity contribution in [2.24, 2.45) is 0 Å². The topological polar surface area (TPSA) is 69.6 Å². The zero-order chi connectivity index (χ0) is 50.6. The molecule has 0 aliphatic carbocycles. The molecule has 3 N–H and O–H groups in total. The van der Waals surface area contributed by atoms with Gasteiger partial charge in [-0.15, -0.1) is 0 Å². The first-order chi connectivity index (χ1) is 34.7. The van der Waals surface area contributed by atoms with Crippen LogP contribution in [0.15, 0.2) is 109 Å². The predicted molar refractivity (Wildman–Crippen MR) is 313 cm³/mol. The lowest BCUT2D eigenvalue weighted by Crippen LogP contribution is -2.45. The minimum atomic E-state index is -0.860. The van der Waals surface area contributed by atoms with E-state index in [1.165, 1.54) is 167 Å². The summed E-state index contributed by atoms with van der Waals surface area (Å²) in [6.45, 7) is 4.20. The van der Waals surface area contributed by atoms with Crippen LogP contribution in [0.25, 0.3) is 0 Å². The second-order valence-electron chi connectivity index (χ2n) is 20.0. The summed E-state index contributed by atoms with van der Waals surface area (Å²) in [6.07, 6.45) is 91.2. The number of aliphatic hydroxyl groups excluding tert-OH is 2. The highest BCUT2D eigenvalue weighted by atomic mass is 16.3. The normalized spacial score (nSPS) is 13.6. The van der Waals surface area contributed by atoms with E-state index in [9.17, 15) is 15.0 Å². The van der Waals surface area contributed by atoms with Gasteiger partial charge in [0.05, 0.1) is 18.8 Å². The molecule has 70 heavy (non-hydrogen) atoms. The minimum Gasteiger partial charge on any atom is -0.394 e.